The van der Waals surface area contributed by atoms with Crippen LogP contribution in [-0.2, 0) is 6.54 Å². The Hall–Kier alpha value is -1.74. The van der Waals surface area contributed by atoms with Crippen molar-refractivity contribution in [2.75, 3.05) is 0 Å². The summed E-state index contributed by atoms with van der Waals surface area (Å²) in [4.78, 5) is 8.77. The number of aromatic nitrogens is 2. The minimum Gasteiger partial charge on any atom is -0.324 e. The van der Waals surface area contributed by atoms with Crippen LogP contribution in [0.1, 0.15) is 22.6 Å². The Morgan fingerprint density at radius 2 is 1.82 bits per heavy atom. The van der Waals surface area contributed by atoms with E-state index >= 15 is 0 Å². The van der Waals surface area contributed by atoms with Gasteiger partial charge in [-0.1, -0.05) is 23.8 Å². The smallest absolute Gasteiger partial charge is 0.142 e. The molecule has 0 spiro atoms. The third kappa shape index (κ3) is 2.50. The van der Waals surface area contributed by atoms with Gasteiger partial charge >= 0.3 is 0 Å². The molecule has 3 heteroatoms. The van der Waals surface area contributed by atoms with Crippen molar-refractivity contribution in [1.82, 2.24) is 9.97 Å². The van der Waals surface area contributed by atoms with Crippen LogP contribution >= 0.6 is 0 Å². The summed E-state index contributed by atoms with van der Waals surface area (Å²) in [6.07, 6.45) is 0. The van der Waals surface area contributed by atoms with Crippen LogP contribution in [-0.4, -0.2) is 9.97 Å². The van der Waals surface area contributed by atoms with Crippen molar-refractivity contribution in [3.63, 3.8) is 0 Å². The summed E-state index contributed by atoms with van der Waals surface area (Å²) in [5.74, 6) is 0.694. The molecule has 0 radical (unpaired) electrons. The summed E-state index contributed by atoms with van der Waals surface area (Å²) in [6.45, 7) is 6.53. The molecule has 1 aromatic carbocycles. The van der Waals surface area contributed by atoms with E-state index in [-0.39, 0.29) is 0 Å². The molecular formula is C14H17N3. The van der Waals surface area contributed by atoms with Crippen LogP contribution < -0.4 is 5.73 Å². The number of nitrogens with two attached hydrogens (primary N) is 1. The Labute approximate surface area is 102 Å². The molecule has 0 unspecified atom stereocenters. The van der Waals surface area contributed by atoms with Crippen molar-refractivity contribution in [3.05, 3.63) is 46.9 Å². The molecule has 88 valence electrons. The van der Waals surface area contributed by atoms with Crippen molar-refractivity contribution in [2.24, 2.45) is 5.73 Å². The summed E-state index contributed by atoms with van der Waals surface area (Å²) >= 11 is 0. The van der Waals surface area contributed by atoms with E-state index in [9.17, 15) is 0 Å². The number of nitrogens with zero attached hydrogens (tertiary/aromatic N) is 2. The van der Waals surface area contributed by atoms with Crippen LogP contribution in [0.3, 0.4) is 0 Å². The minimum absolute atomic E-state index is 0.375. The highest BCUT2D eigenvalue weighted by atomic mass is 14.9. The first kappa shape index (κ1) is 11.7. The average molecular weight is 227 g/mol. The molecule has 0 aliphatic heterocycles. The highest BCUT2D eigenvalue weighted by Gasteiger charge is 2.06. The number of benzene rings is 1. The Balaban J connectivity index is 2.55. The van der Waals surface area contributed by atoms with Gasteiger partial charge in [0.25, 0.3) is 0 Å². The van der Waals surface area contributed by atoms with Gasteiger partial charge in [-0.2, -0.15) is 0 Å². The van der Waals surface area contributed by atoms with Crippen molar-refractivity contribution >= 4 is 0 Å². The molecule has 3 nitrogen and oxygen atoms in total. The normalized spacial score (nSPS) is 10.6. The lowest BCUT2D eigenvalue weighted by atomic mass is 10.0. The predicted molar refractivity (Wildman–Crippen MR) is 69.6 cm³/mol. The van der Waals surface area contributed by atoms with Crippen molar-refractivity contribution in [2.45, 2.75) is 27.3 Å². The number of hydrogen-bond acceptors (Lipinski definition) is 3. The lowest BCUT2D eigenvalue weighted by Crippen LogP contribution is -2.05. The zero-order valence-electron chi connectivity index (χ0n) is 10.5. The maximum atomic E-state index is 5.60. The minimum atomic E-state index is 0.375. The second-order valence-corrected chi connectivity index (χ2v) is 4.33. The van der Waals surface area contributed by atoms with E-state index in [1.165, 1.54) is 11.1 Å². The Morgan fingerprint density at radius 1 is 1.06 bits per heavy atom. The summed E-state index contributed by atoms with van der Waals surface area (Å²) < 4.78 is 0. The summed E-state index contributed by atoms with van der Waals surface area (Å²) in [5.41, 5.74) is 11.1. The van der Waals surface area contributed by atoms with Crippen LogP contribution in [0.2, 0.25) is 0 Å². The SMILES string of the molecule is Cc1ccc(-c2cc(C)nc(CN)n2)c(C)c1. The lowest BCUT2D eigenvalue weighted by molar-refractivity contribution is 0.894. The van der Waals surface area contributed by atoms with E-state index in [2.05, 4.69) is 42.0 Å². The van der Waals surface area contributed by atoms with Gasteiger partial charge in [0.2, 0.25) is 0 Å². The van der Waals surface area contributed by atoms with Gasteiger partial charge in [0.05, 0.1) is 12.2 Å². The van der Waals surface area contributed by atoms with E-state index in [0.29, 0.717) is 12.4 Å². The quantitative estimate of drug-likeness (QED) is 0.857. The first-order valence-corrected chi connectivity index (χ1v) is 5.72. The number of aryl methyl sites for hydroxylation is 3. The third-order valence-corrected chi connectivity index (χ3v) is 2.74. The molecule has 17 heavy (non-hydrogen) atoms. The van der Waals surface area contributed by atoms with E-state index in [0.717, 1.165) is 17.0 Å². The maximum Gasteiger partial charge on any atom is 0.142 e. The molecular weight excluding hydrogens is 210 g/mol. The van der Waals surface area contributed by atoms with E-state index in [1.54, 1.807) is 0 Å². The molecule has 0 amide bonds. The lowest BCUT2D eigenvalue weighted by Gasteiger charge is -2.08. The van der Waals surface area contributed by atoms with E-state index in [4.69, 9.17) is 5.73 Å². The van der Waals surface area contributed by atoms with Crippen molar-refractivity contribution in [3.8, 4) is 11.3 Å². The van der Waals surface area contributed by atoms with Crippen molar-refractivity contribution < 1.29 is 0 Å². The fourth-order valence-corrected chi connectivity index (χ4v) is 1.96. The summed E-state index contributed by atoms with van der Waals surface area (Å²) in [6, 6.07) is 8.36. The highest BCUT2D eigenvalue weighted by molar-refractivity contribution is 5.64. The second-order valence-electron chi connectivity index (χ2n) is 4.33. The van der Waals surface area contributed by atoms with Gasteiger partial charge in [0.15, 0.2) is 0 Å². The van der Waals surface area contributed by atoms with Gasteiger partial charge in [-0.05, 0) is 32.4 Å². The first-order valence-electron chi connectivity index (χ1n) is 5.72. The van der Waals surface area contributed by atoms with Gasteiger partial charge in [0.1, 0.15) is 5.82 Å². The topological polar surface area (TPSA) is 51.8 Å². The fourth-order valence-electron chi connectivity index (χ4n) is 1.96. The predicted octanol–water partition coefficient (Wildman–Crippen LogP) is 2.53. The monoisotopic (exact) mass is 227 g/mol. The Bertz CT molecular complexity index is 547. The molecule has 2 N–H and O–H groups in total. The molecule has 0 saturated heterocycles. The zero-order chi connectivity index (χ0) is 12.4. The average Bonchev–Trinajstić information content (AvgIpc) is 2.28. The van der Waals surface area contributed by atoms with Gasteiger partial charge in [-0.3, -0.25) is 0 Å². The summed E-state index contributed by atoms with van der Waals surface area (Å²) in [7, 11) is 0. The molecule has 0 aliphatic rings. The largest absolute Gasteiger partial charge is 0.324 e. The van der Waals surface area contributed by atoms with Crippen LogP contribution in [0.25, 0.3) is 11.3 Å². The standard InChI is InChI=1S/C14H17N3/c1-9-4-5-12(10(2)6-9)13-7-11(3)16-14(8-15)17-13/h4-7H,8,15H2,1-3H3. The Kier molecular flexibility index (Phi) is 3.20. The van der Waals surface area contributed by atoms with Crippen molar-refractivity contribution in [1.29, 1.82) is 0 Å². The molecule has 0 aliphatic carbocycles. The molecule has 0 bridgehead atoms. The third-order valence-electron chi connectivity index (χ3n) is 2.74. The molecule has 2 rings (SSSR count). The highest BCUT2D eigenvalue weighted by Crippen LogP contribution is 2.22. The molecule has 0 fully saturated rings. The summed E-state index contributed by atoms with van der Waals surface area (Å²) in [5, 5.41) is 0. The van der Waals surface area contributed by atoms with Crippen LogP contribution in [0.4, 0.5) is 0 Å². The molecule has 2 aromatic rings. The van der Waals surface area contributed by atoms with Crippen LogP contribution in [0, 0.1) is 20.8 Å². The van der Waals surface area contributed by atoms with Gasteiger partial charge in [0, 0.05) is 11.3 Å². The second kappa shape index (κ2) is 4.63. The molecule has 0 saturated carbocycles. The Morgan fingerprint density at radius 3 is 2.47 bits per heavy atom. The number of hydrogen-bond donors (Lipinski definition) is 1. The first-order chi connectivity index (χ1) is 8.10. The molecule has 1 aromatic heterocycles. The fraction of sp³-hybridized carbons (Fsp3) is 0.286. The van der Waals surface area contributed by atoms with E-state index in [1.807, 2.05) is 13.0 Å². The van der Waals surface area contributed by atoms with Gasteiger partial charge in [-0.15, -0.1) is 0 Å². The van der Waals surface area contributed by atoms with Gasteiger partial charge in [-0.25, -0.2) is 9.97 Å². The van der Waals surface area contributed by atoms with E-state index < -0.39 is 0 Å². The van der Waals surface area contributed by atoms with Gasteiger partial charge < -0.3 is 5.73 Å². The maximum absolute atomic E-state index is 5.60. The van der Waals surface area contributed by atoms with Crippen LogP contribution in [0.5, 0.6) is 0 Å². The van der Waals surface area contributed by atoms with Crippen LogP contribution in [0.15, 0.2) is 24.3 Å². The number of rotatable bonds is 2. The molecule has 1 heterocycles. The zero-order valence-corrected chi connectivity index (χ0v) is 10.5. The molecule has 0 atom stereocenters.